The number of ether oxygens (including phenoxy) is 1. The lowest BCUT2D eigenvalue weighted by atomic mass is 10.2. The number of carbonyl (C=O) groups excluding carboxylic acids is 3. The van der Waals surface area contributed by atoms with Crippen LogP contribution in [0.5, 0.6) is 0 Å². The maximum Gasteiger partial charge on any atom is 0.262 e. The van der Waals surface area contributed by atoms with Gasteiger partial charge < -0.3 is 20.3 Å². The van der Waals surface area contributed by atoms with Gasteiger partial charge in [-0.2, -0.15) is 4.99 Å². The number of nitrogens with one attached hydrogen (secondary N) is 2. The van der Waals surface area contributed by atoms with E-state index in [9.17, 15) is 14.4 Å². The number of aliphatic imine (C=N–C) groups is 1. The third-order valence-electron chi connectivity index (χ3n) is 4.50. The van der Waals surface area contributed by atoms with E-state index >= 15 is 0 Å². The average molecular weight is 404 g/mol. The molecule has 0 saturated carbocycles. The number of benzene rings is 1. The number of carbonyl (C=O) groups is 3. The van der Waals surface area contributed by atoms with Gasteiger partial charge in [0.05, 0.1) is 6.61 Å². The second-order valence-corrected chi connectivity index (χ2v) is 7.78. The van der Waals surface area contributed by atoms with Crippen molar-refractivity contribution < 1.29 is 19.1 Å². The van der Waals surface area contributed by atoms with E-state index in [0.717, 1.165) is 31.1 Å². The summed E-state index contributed by atoms with van der Waals surface area (Å²) in [5, 5.41) is 5.77. The minimum atomic E-state index is -0.471. The quantitative estimate of drug-likeness (QED) is 0.668. The molecule has 1 saturated heterocycles. The van der Waals surface area contributed by atoms with Crippen molar-refractivity contribution in [3.05, 3.63) is 29.8 Å². The van der Waals surface area contributed by atoms with Gasteiger partial charge in [0.15, 0.2) is 5.17 Å². The maximum absolute atomic E-state index is 12.3. The monoisotopic (exact) mass is 404 g/mol. The summed E-state index contributed by atoms with van der Waals surface area (Å²) < 4.78 is 4.89. The minimum absolute atomic E-state index is 0.0730. The van der Waals surface area contributed by atoms with E-state index in [4.69, 9.17) is 4.74 Å². The number of amidine groups is 1. The number of hydrogen-bond donors (Lipinski definition) is 2. The average Bonchev–Trinajstić information content (AvgIpc) is 3.33. The summed E-state index contributed by atoms with van der Waals surface area (Å²) in [5.41, 5.74) is 1.08. The molecule has 150 valence electrons. The Hall–Kier alpha value is -2.39. The lowest BCUT2D eigenvalue weighted by Gasteiger charge is -2.16. The van der Waals surface area contributed by atoms with Crippen molar-refractivity contribution in [2.45, 2.75) is 24.5 Å². The van der Waals surface area contributed by atoms with Gasteiger partial charge in [-0.3, -0.25) is 14.4 Å². The Labute approximate surface area is 168 Å². The molecule has 1 unspecified atom stereocenters. The number of amides is 3. The summed E-state index contributed by atoms with van der Waals surface area (Å²) in [6.07, 6.45) is 2.29. The highest BCUT2D eigenvalue weighted by molar-refractivity contribution is 8.15. The highest BCUT2D eigenvalue weighted by atomic mass is 32.2. The first-order valence-corrected chi connectivity index (χ1v) is 10.2. The number of likely N-dealkylation sites (tertiary alicyclic amines) is 1. The molecule has 3 amide bonds. The molecule has 1 aromatic rings. The molecule has 0 aromatic heterocycles. The van der Waals surface area contributed by atoms with Gasteiger partial charge in [0.1, 0.15) is 5.25 Å². The Kier molecular flexibility index (Phi) is 7.05. The Morgan fingerprint density at radius 1 is 1.25 bits per heavy atom. The SMILES string of the molecule is COCCNC(=O)c1ccc(NC(=O)CC2SC(N3CCCC3)=NC2=O)cc1. The van der Waals surface area contributed by atoms with Crippen LogP contribution in [0.25, 0.3) is 0 Å². The third kappa shape index (κ3) is 5.32. The first kappa shape index (κ1) is 20.3. The molecule has 1 fully saturated rings. The molecule has 2 heterocycles. The topological polar surface area (TPSA) is 100 Å². The molecule has 0 bridgehead atoms. The highest BCUT2D eigenvalue weighted by Crippen LogP contribution is 2.29. The first-order valence-electron chi connectivity index (χ1n) is 9.28. The van der Waals surface area contributed by atoms with Crippen molar-refractivity contribution in [2.75, 3.05) is 38.7 Å². The molecule has 2 aliphatic heterocycles. The summed E-state index contributed by atoms with van der Waals surface area (Å²) in [6.45, 7) is 2.72. The van der Waals surface area contributed by atoms with Crippen LogP contribution in [0.15, 0.2) is 29.3 Å². The Balaban J connectivity index is 1.47. The van der Waals surface area contributed by atoms with Crippen molar-refractivity contribution in [3.8, 4) is 0 Å². The number of hydrogen-bond acceptors (Lipinski definition) is 6. The highest BCUT2D eigenvalue weighted by Gasteiger charge is 2.33. The second kappa shape index (κ2) is 9.70. The molecular weight excluding hydrogens is 380 g/mol. The van der Waals surface area contributed by atoms with Gasteiger partial charge in [-0.05, 0) is 37.1 Å². The summed E-state index contributed by atoms with van der Waals surface area (Å²) in [7, 11) is 1.57. The van der Waals surface area contributed by atoms with Crippen molar-refractivity contribution in [2.24, 2.45) is 4.99 Å². The molecule has 0 radical (unpaired) electrons. The van der Waals surface area contributed by atoms with Crippen molar-refractivity contribution in [1.29, 1.82) is 0 Å². The minimum Gasteiger partial charge on any atom is -0.383 e. The number of anilines is 1. The van der Waals surface area contributed by atoms with Crippen LogP contribution < -0.4 is 10.6 Å². The molecule has 3 rings (SSSR count). The van der Waals surface area contributed by atoms with Gasteiger partial charge >= 0.3 is 0 Å². The maximum atomic E-state index is 12.3. The Morgan fingerprint density at radius 3 is 2.64 bits per heavy atom. The summed E-state index contributed by atoms with van der Waals surface area (Å²) in [6, 6.07) is 6.61. The molecule has 2 N–H and O–H groups in total. The van der Waals surface area contributed by atoms with Gasteiger partial charge in [0.25, 0.3) is 11.8 Å². The van der Waals surface area contributed by atoms with Crippen molar-refractivity contribution >= 4 is 40.3 Å². The fourth-order valence-electron chi connectivity index (χ4n) is 3.01. The van der Waals surface area contributed by atoms with Crippen molar-refractivity contribution in [1.82, 2.24) is 10.2 Å². The van der Waals surface area contributed by atoms with Crippen LogP contribution in [-0.2, 0) is 14.3 Å². The zero-order valence-electron chi connectivity index (χ0n) is 15.8. The molecule has 28 heavy (non-hydrogen) atoms. The standard InChI is InChI=1S/C19H24N4O4S/c1-27-11-8-20-17(25)13-4-6-14(7-5-13)21-16(24)12-15-18(26)22-19(28-15)23-9-2-3-10-23/h4-7,15H,2-3,8-12H2,1H3,(H,20,25)(H,21,24). The van der Waals surface area contributed by atoms with Crippen LogP contribution >= 0.6 is 11.8 Å². The van der Waals surface area contributed by atoms with Gasteiger partial charge in [-0.25, -0.2) is 0 Å². The molecule has 9 heteroatoms. The fraction of sp³-hybridized carbons (Fsp3) is 0.474. The van der Waals surface area contributed by atoms with Crippen LogP contribution in [0.2, 0.25) is 0 Å². The Bertz CT molecular complexity index is 760. The van der Waals surface area contributed by atoms with Crippen LogP contribution in [0.1, 0.15) is 29.6 Å². The van der Waals surface area contributed by atoms with E-state index in [1.54, 1.807) is 31.4 Å². The van der Waals surface area contributed by atoms with Gasteiger partial charge in [0.2, 0.25) is 5.91 Å². The molecule has 0 aliphatic carbocycles. The largest absolute Gasteiger partial charge is 0.383 e. The number of rotatable bonds is 7. The summed E-state index contributed by atoms with van der Waals surface area (Å²) >= 11 is 1.37. The third-order valence-corrected chi connectivity index (χ3v) is 5.71. The van der Waals surface area contributed by atoms with Crippen molar-refractivity contribution in [3.63, 3.8) is 0 Å². The normalized spacial score (nSPS) is 18.9. The van der Waals surface area contributed by atoms with Gasteiger partial charge in [-0.1, -0.05) is 11.8 Å². The smallest absolute Gasteiger partial charge is 0.262 e. The van der Waals surface area contributed by atoms with E-state index in [1.165, 1.54) is 11.8 Å². The zero-order chi connectivity index (χ0) is 19.9. The lowest BCUT2D eigenvalue weighted by molar-refractivity contribution is -0.121. The Morgan fingerprint density at radius 2 is 1.96 bits per heavy atom. The zero-order valence-corrected chi connectivity index (χ0v) is 16.6. The predicted molar refractivity (Wildman–Crippen MR) is 109 cm³/mol. The van der Waals surface area contributed by atoms with E-state index in [0.29, 0.717) is 24.4 Å². The lowest BCUT2D eigenvalue weighted by Crippen LogP contribution is -2.27. The van der Waals surface area contributed by atoms with Crippen LogP contribution in [0.3, 0.4) is 0 Å². The number of nitrogens with zero attached hydrogens (tertiary/aromatic N) is 2. The van der Waals surface area contributed by atoms with Crippen LogP contribution in [0.4, 0.5) is 5.69 Å². The van der Waals surface area contributed by atoms with E-state index in [1.807, 2.05) is 0 Å². The van der Waals surface area contributed by atoms with Gasteiger partial charge in [0, 0.05) is 44.4 Å². The van der Waals surface area contributed by atoms with Crippen LogP contribution in [0, 0.1) is 0 Å². The number of methoxy groups -OCH3 is 1. The molecule has 1 atom stereocenters. The van der Waals surface area contributed by atoms with Gasteiger partial charge in [-0.15, -0.1) is 0 Å². The first-order chi connectivity index (χ1) is 13.6. The second-order valence-electron chi connectivity index (χ2n) is 6.61. The fourth-order valence-corrected chi connectivity index (χ4v) is 4.12. The molecule has 0 spiro atoms. The summed E-state index contributed by atoms with van der Waals surface area (Å²) in [5.74, 6) is -0.694. The molecule has 8 nitrogen and oxygen atoms in total. The van der Waals surface area contributed by atoms with E-state index in [-0.39, 0.29) is 24.1 Å². The van der Waals surface area contributed by atoms with E-state index in [2.05, 4.69) is 20.5 Å². The molecular formula is C19H24N4O4S. The predicted octanol–water partition coefficient (Wildman–Crippen LogP) is 1.49. The molecule has 1 aromatic carbocycles. The number of thioether (sulfide) groups is 1. The van der Waals surface area contributed by atoms with E-state index < -0.39 is 5.25 Å². The molecule has 2 aliphatic rings. The summed E-state index contributed by atoms with van der Waals surface area (Å²) in [4.78, 5) is 42.6. The van der Waals surface area contributed by atoms with Crippen LogP contribution in [-0.4, -0.2) is 66.4 Å².